The molecule has 1 saturated heterocycles. The van der Waals surface area contributed by atoms with Crippen LogP contribution in [0, 0.1) is 5.92 Å². The molecule has 4 heteroatoms. The third kappa shape index (κ3) is 4.18. The van der Waals surface area contributed by atoms with Crippen molar-refractivity contribution in [1.82, 2.24) is 0 Å². The minimum atomic E-state index is -0.101. The van der Waals surface area contributed by atoms with E-state index >= 15 is 0 Å². The number of hydrogen-bond acceptors (Lipinski definition) is 4. The molecule has 2 N–H and O–H groups in total. The van der Waals surface area contributed by atoms with E-state index in [4.69, 9.17) is 15.2 Å². The fraction of sp³-hybridized carbons (Fsp3) is 0.933. The quantitative estimate of drug-likeness (QED) is 0.617. The van der Waals surface area contributed by atoms with E-state index < -0.39 is 0 Å². The molecule has 1 aliphatic carbocycles. The van der Waals surface area contributed by atoms with E-state index in [-0.39, 0.29) is 36.2 Å². The molecule has 0 spiro atoms. The summed E-state index contributed by atoms with van der Waals surface area (Å²) in [6.45, 7) is 4.07. The van der Waals surface area contributed by atoms with Gasteiger partial charge in [0.25, 0.3) is 0 Å². The number of carbonyl (C=O) groups excluding carboxylic acids is 1. The van der Waals surface area contributed by atoms with Crippen molar-refractivity contribution in [3.8, 4) is 0 Å². The van der Waals surface area contributed by atoms with Crippen molar-refractivity contribution in [1.29, 1.82) is 0 Å². The predicted octanol–water partition coefficient (Wildman–Crippen LogP) is 2.39. The lowest BCUT2D eigenvalue weighted by molar-refractivity contribution is -0.165. The highest BCUT2D eigenvalue weighted by molar-refractivity contribution is 5.73. The van der Waals surface area contributed by atoms with E-state index in [1.807, 2.05) is 13.8 Å². The zero-order valence-corrected chi connectivity index (χ0v) is 12.1. The maximum atomic E-state index is 12.3. The first-order valence-electron chi connectivity index (χ1n) is 7.67. The summed E-state index contributed by atoms with van der Waals surface area (Å²) < 4.78 is 11.4. The largest absolute Gasteiger partial charge is 0.462 e. The third-order valence-electron chi connectivity index (χ3n) is 4.31. The highest BCUT2D eigenvalue weighted by atomic mass is 16.6. The van der Waals surface area contributed by atoms with Crippen LogP contribution in [0.2, 0.25) is 0 Å². The first-order chi connectivity index (χ1) is 9.06. The molecular formula is C15H27NO3. The Morgan fingerprint density at radius 1 is 1.11 bits per heavy atom. The average Bonchev–Trinajstić information content (AvgIpc) is 2.52. The van der Waals surface area contributed by atoms with Crippen molar-refractivity contribution in [2.24, 2.45) is 11.7 Å². The summed E-state index contributed by atoms with van der Waals surface area (Å²) in [4.78, 5) is 12.3. The van der Waals surface area contributed by atoms with Gasteiger partial charge < -0.3 is 15.2 Å². The predicted molar refractivity (Wildman–Crippen MR) is 73.7 cm³/mol. The second-order valence-corrected chi connectivity index (χ2v) is 6.20. The molecule has 0 aromatic rings. The maximum absolute atomic E-state index is 12.3. The normalized spacial score (nSPS) is 40.5. The van der Waals surface area contributed by atoms with Gasteiger partial charge in [-0.3, -0.25) is 4.79 Å². The van der Waals surface area contributed by atoms with Crippen LogP contribution in [0.15, 0.2) is 0 Å². The van der Waals surface area contributed by atoms with E-state index in [1.54, 1.807) is 0 Å². The molecule has 2 fully saturated rings. The lowest BCUT2D eigenvalue weighted by Crippen LogP contribution is -2.40. The highest BCUT2D eigenvalue weighted by Gasteiger charge is 2.32. The first kappa shape index (κ1) is 14.8. The fourth-order valence-electron chi connectivity index (χ4n) is 3.32. The van der Waals surface area contributed by atoms with Crippen LogP contribution >= 0.6 is 0 Å². The molecule has 0 amide bonds. The second-order valence-electron chi connectivity index (χ2n) is 6.20. The van der Waals surface area contributed by atoms with Gasteiger partial charge in [-0.25, -0.2) is 0 Å². The summed E-state index contributed by atoms with van der Waals surface area (Å²) in [7, 11) is 0. The SMILES string of the molecule is CC1CC(OC(=O)C2CCCCCC2N)CC(C)O1. The number of esters is 1. The van der Waals surface area contributed by atoms with E-state index in [0.29, 0.717) is 0 Å². The Labute approximate surface area is 116 Å². The minimum absolute atomic E-state index is 0.00158. The van der Waals surface area contributed by atoms with Crippen LogP contribution in [0.4, 0.5) is 0 Å². The fourth-order valence-corrected chi connectivity index (χ4v) is 3.32. The first-order valence-corrected chi connectivity index (χ1v) is 7.67. The molecule has 2 aliphatic rings. The smallest absolute Gasteiger partial charge is 0.310 e. The number of hydrogen-bond donors (Lipinski definition) is 1. The maximum Gasteiger partial charge on any atom is 0.310 e. The van der Waals surface area contributed by atoms with E-state index in [0.717, 1.165) is 38.5 Å². The second kappa shape index (κ2) is 6.71. The zero-order chi connectivity index (χ0) is 13.8. The van der Waals surface area contributed by atoms with E-state index in [9.17, 15) is 4.79 Å². The van der Waals surface area contributed by atoms with Crippen molar-refractivity contribution in [2.75, 3.05) is 0 Å². The van der Waals surface area contributed by atoms with Gasteiger partial charge in [-0.05, 0) is 26.7 Å². The van der Waals surface area contributed by atoms with Crippen molar-refractivity contribution < 1.29 is 14.3 Å². The van der Waals surface area contributed by atoms with Gasteiger partial charge in [0.2, 0.25) is 0 Å². The lowest BCUT2D eigenvalue weighted by Gasteiger charge is -2.33. The van der Waals surface area contributed by atoms with Crippen LogP contribution in [0.25, 0.3) is 0 Å². The van der Waals surface area contributed by atoms with Crippen LogP contribution < -0.4 is 5.73 Å². The van der Waals surface area contributed by atoms with Gasteiger partial charge in [-0.2, -0.15) is 0 Å². The van der Waals surface area contributed by atoms with Gasteiger partial charge in [0.15, 0.2) is 0 Å². The molecule has 4 unspecified atom stereocenters. The molecule has 1 heterocycles. The molecule has 2 rings (SSSR count). The molecule has 110 valence electrons. The minimum Gasteiger partial charge on any atom is -0.462 e. The molecule has 0 bridgehead atoms. The van der Waals surface area contributed by atoms with Crippen molar-refractivity contribution in [3.05, 3.63) is 0 Å². The van der Waals surface area contributed by atoms with Crippen LogP contribution in [-0.2, 0) is 14.3 Å². The summed E-state index contributed by atoms with van der Waals surface area (Å²) in [5.41, 5.74) is 6.11. The Hall–Kier alpha value is -0.610. The van der Waals surface area contributed by atoms with Crippen LogP contribution in [0.3, 0.4) is 0 Å². The zero-order valence-electron chi connectivity index (χ0n) is 12.1. The van der Waals surface area contributed by atoms with Crippen LogP contribution in [0.5, 0.6) is 0 Å². The summed E-state index contributed by atoms with van der Waals surface area (Å²) in [5, 5.41) is 0. The van der Waals surface area contributed by atoms with Gasteiger partial charge in [0, 0.05) is 18.9 Å². The number of carbonyl (C=O) groups is 1. The number of ether oxygens (including phenoxy) is 2. The van der Waals surface area contributed by atoms with Gasteiger partial charge in [-0.1, -0.05) is 19.3 Å². The van der Waals surface area contributed by atoms with Gasteiger partial charge in [0.1, 0.15) is 6.10 Å². The Kier molecular flexibility index (Phi) is 5.22. The van der Waals surface area contributed by atoms with Crippen molar-refractivity contribution in [3.63, 3.8) is 0 Å². The molecule has 1 aliphatic heterocycles. The van der Waals surface area contributed by atoms with Crippen molar-refractivity contribution >= 4 is 5.97 Å². The summed E-state index contributed by atoms with van der Waals surface area (Å²) in [6, 6.07) is -0.0234. The van der Waals surface area contributed by atoms with Gasteiger partial charge in [0.05, 0.1) is 18.1 Å². The summed E-state index contributed by atoms with van der Waals surface area (Å²) >= 11 is 0. The Morgan fingerprint density at radius 3 is 2.42 bits per heavy atom. The Balaban J connectivity index is 1.88. The van der Waals surface area contributed by atoms with Crippen molar-refractivity contribution in [2.45, 2.75) is 83.1 Å². The number of nitrogens with two attached hydrogens (primary N) is 1. The molecule has 0 aromatic carbocycles. The van der Waals surface area contributed by atoms with E-state index in [1.165, 1.54) is 6.42 Å². The highest BCUT2D eigenvalue weighted by Crippen LogP contribution is 2.27. The summed E-state index contributed by atoms with van der Waals surface area (Å²) in [6.07, 6.45) is 7.19. The number of rotatable bonds is 2. The molecular weight excluding hydrogens is 242 g/mol. The molecule has 0 radical (unpaired) electrons. The molecule has 0 aromatic heterocycles. The molecule has 1 saturated carbocycles. The third-order valence-corrected chi connectivity index (χ3v) is 4.31. The Morgan fingerprint density at radius 2 is 1.74 bits per heavy atom. The average molecular weight is 269 g/mol. The topological polar surface area (TPSA) is 61.5 Å². The molecule has 4 nitrogen and oxygen atoms in total. The lowest BCUT2D eigenvalue weighted by atomic mass is 9.95. The summed E-state index contributed by atoms with van der Waals surface area (Å²) in [5.74, 6) is -0.184. The monoisotopic (exact) mass is 269 g/mol. The Bertz CT molecular complexity index is 298. The standard InChI is InChI=1S/C15H27NO3/c1-10-8-12(9-11(2)18-10)19-15(17)13-6-4-3-5-7-14(13)16/h10-14H,3-9,16H2,1-2H3. The molecule has 4 atom stereocenters. The molecule has 19 heavy (non-hydrogen) atoms. The van der Waals surface area contributed by atoms with Crippen LogP contribution in [0.1, 0.15) is 58.8 Å². The van der Waals surface area contributed by atoms with Gasteiger partial charge in [-0.15, -0.1) is 0 Å². The van der Waals surface area contributed by atoms with Gasteiger partial charge >= 0.3 is 5.97 Å². The van der Waals surface area contributed by atoms with E-state index in [2.05, 4.69) is 0 Å². The van der Waals surface area contributed by atoms with Crippen LogP contribution in [-0.4, -0.2) is 30.3 Å².